The van der Waals surface area contributed by atoms with Gasteiger partial charge in [-0.1, -0.05) is 25.7 Å². The summed E-state index contributed by atoms with van der Waals surface area (Å²) in [4.78, 5) is 12.4. The van der Waals surface area contributed by atoms with E-state index >= 15 is 0 Å². The standard InChI is InChI=1S/C16H24N4O/c1-13-14(11-19-20-13)7-6-10-18-15(21)16(12-17)8-4-2-3-5-9-16/h11H,2-10H2,1H3,(H,18,21)(H,19,20). The SMILES string of the molecule is Cc1[nH]ncc1CCCNC(=O)C1(C#N)CCCCCC1. The van der Waals surface area contributed by atoms with Crippen LogP contribution >= 0.6 is 0 Å². The van der Waals surface area contributed by atoms with Crippen LogP contribution in [0.15, 0.2) is 6.20 Å². The first-order valence-electron chi connectivity index (χ1n) is 7.86. The van der Waals surface area contributed by atoms with Gasteiger partial charge in [-0.25, -0.2) is 0 Å². The number of hydrogen-bond acceptors (Lipinski definition) is 3. The van der Waals surface area contributed by atoms with Crippen molar-refractivity contribution >= 4 is 5.91 Å². The minimum absolute atomic E-state index is 0.0733. The van der Waals surface area contributed by atoms with Gasteiger partial charge in [-0.15, -0.1) is 0 Å². The highest BCUT2D eigenvalue weighted by molar-refractivity contribution is 5.85. The van der Waals surface area contributed by atoms with E-state index in [1.54, 1.807) is 0 Å². The van der Waals surface area contributed by atoms with E-state index in [1.165, 1.54) is 5.56 Å². The van der Waals surface area contributed by atoms with E-state index in [0.717, 1.165) is 44.2 Å². The first-order valence-corrected chi connectivity index (χ1v) is 7.86. The highest BCUT2D eigenvalue weighted by Gasteiger charge is 2.38. The van der Waals surface area contributed by atoms with Gasteiger partial charge in [0.05, 0.1) is 12.3 Å². The first-order chi connectivity index (χ1) is 10.2. The molecule has 1 saturated carbocycles. The lowest BCUT2D eigenvalue weighted by Crippen LogP contribution is -2.40. The van der Waals surface area contributed by atoms with Crippen molar-refractivity contribution in [2.45, 2.75) is 58.3 Å². The summed E-state index contributed by atoms with van der Waals surface area (Å²) < 4.78 is 0. The molecule has 0 atom stereocenters. The van der Waals surface area contributed by atoms with E-state index in [1.807, 2.05) is 13.1 Å². The molecule has 1 aromatic rings. The van der Waals surface area contributed by atoms with Crippen molar-refractivity contribution in [2.75, 3.05) is 6.54 Å². The summed E-state index contributed by atoms with van der Waals surface area (Å²) in [5, 5.41) is 19.3. The normalized spacial score (nSPS) is 17.7. The highest BCUT2D eigenvalue weighted by atomic mass is 16.2. The Morgan fingerprint density at radius 2 is 2.14 bits per heavy atom. The molecule has 114 valence electrons. The largest absolute Gasteiger partial charge is 0.355 e. The van der Waals surface area contributed by atoms with Crippen LogP contribution < -0.4 is 5.32 Å². The number of carbonyl (C=O) groups excluding carboxylic acids is 1. The van der Waals surface area contributed by atoms with Crippen LogP contribution in [0.5, 0.6) is 0 Å². The average Bonchev–Trinajstić information content (AvgIpc) is 2.77. The van der Waals surface area contributed by atoms with Crippen LogP contribution in [0, 0.1) is 23.7 Å². The fraction of sp³-hybridized carbons (Fsp3) is 0.688. The third-order valence-corrected chi connectivity index (χ3v) is 4.45. The van der Waals surface area contributed by atoms with Crippen molar-refractivity contribution in [3.63, 3.8) is 0 Å². The van der Waals surface area contributed by atoms with Gasteiger partial charge in [0.1, 0.15) is 5.41 Å². The van der Waals surface area contributed by atoms with Crippen LogP contribution in [-0.4, -0.2) is 22.6 Å². The molecule has 21 heavy (non-hydrogen) atoms. The predicted molar refractivity (Wildman–Crippen MR) is 80.4 cm³/mol. The van der Waals surface area contributed by atoms with Gasteiger partial charge in [0.15, 0.2) is 0 Å². The molecule has 0 aliphatic heterocycles. The van der Waals surface area contributed by atoms with Gasteiger partial charge in [-0.3, -0.25) is 9.89 Å². The van der Waals surface area contributed by atoms with Gasteiger partial charge in [0.2, 0.25) is 5.91 Å². The second kappa shape index (κ2) is 7.26. The molecule has 0 unspecified atom stereocenters. The Morgan fingerprint density at radius 3 is 2.71 bits per heavy atom. The smallest absolute Gasteiger partial charge is 0.240 e. The van der Waals surface area contributed by atoms with Crippen molar-refractivity contribution < 1.29 is 4.79 Å². The van der Waals surface area contributed by atoms with Crippen molar-refractivity contribution in [1.29, 1.82) is 5.26 Å². The lowest BCUT2D eigenvalue weighted by molar-refractivity contribution is -0.128. The molecular weight excluding hydrogens is 264 g/mol. The Morgan fingerprint density at radius 1 is 1.43 bits per heavy atom. The Balaban J connectivity index is 1.80. The van der Waals surface area contributed by atoms with Crippen LogP contribution in [0.2, 0.25) is 0 Å². The third kappa shape index (κ3) is 3.84. The molecule has 5 heteroatoms. The molecule has 1 aromatic heterocycles. The summed E-state index contributed by atoms with van der Waals surface area (Å²) in [6, 6.07) is 2.29. The van der Waals surface area contributed by atoms with E-state index in [4.69, 9.17) is 0 Å². The average molecular weight is 288 g/mol. The molecule has 0 aromatic carbocycles. The second-order valence-electron chi connectivity index (χ2n) is 5.99. The van der Waals surface area contributed by atoms with E-state index in [2.05, 4.69) is 21.6 Å². The molecule has 0 spiro atoms. The number of nitrogens with zero attached hydrogens (tertiary/aromatic N) is 2. The number of amides is 1. The first kappa shape index (κ1) is 15.6. The number of nitrogens with one attached hydrogen (secondary N) is 2. The zero-order chi connectivity index (χ0) is 15.1. The molecule has 1 aliphatic rings. The minimum Gasteiger partial charge on any atom is -0.355 e. The van der Waals surface area contributed by atoms with E-state index in [-0.39, 0.29) is 5.91 Å². The summed E-state index contributed by atoms with van der Waals surface area (Å²) in [6.45, 7) is 2.62. The topological polar surface area (TPSA) is 81.6 Å². The lowest BCUT2D eigenvalue weighted by Gasteiger charge is -2.23. The van der Waals surface area contributed by atoms with Gasteiger partial charge in [0.25, 0.3) is 0 Å². The molecule has 2 N–H and O–H groups in total. The maximum Gasteiger partial charge on any atom is 0.240 e. The number of H-pyrrole nitrogens is 1. The zero-order valence-corrected chi connectivity index (χ0v) is 12.7. The Kier molecular flexibility index (Phi) is 5.38. The number of aromatic amines is 1. The molecular formula is C16H24N4O. The van der Waals surface area contributed by atoms with Gasteiger partial charge in [-0.2, -0.15) is 10.4 Å². The predicted octanol–water partition coefficient (Wildman–Crippen LogP) is 2.63. The van der Waals surface area contributed by atoms with Crippen LogP contribution in [0.25, 0.3) is 0 Å². The van der Waals surface area contributed by atoms with Crippen LogP contribution in [-0.2, 0) is 11.2 Å². The molecule has 0 saturated heterocycles. The van der Waals surface area contributed by atoms with Crippen LogP contribution in [0.1, 0.15) is 56.2 Å². The summed E-state index contributed by atoms with van der Waals surface area (Å²) in [7, 11) is 0. The molecule has 2 rings (SSSR count). The fourth-order valence-electron chi connectivity index (χ4n) is 3.00. The summed E-state index contributed by atoms with van der Waals surface area (Å²) >= 11 is 0. The minimum atomic E-state index is -0.790. The lowest BCUT2D eigenvalue weighted by atomic mass is 9.81. The van der Waals surface area contributed by atoms with Crippen LogP contribution in [0.3, 0.4) is 0 Å². The third-order valence-electron chi connectivity index (χ3n) is 4.45. The molecule has 0 bridgehead atoms. The number of nitriles is 1. The molecule has 1 amide bonds. The molecule has 0 radical (unpaired) electrons. The molecule has 1 aliphatic carbocycles. The van der Waals surface area contributed by atoms with Gasteiger partial charge in [0, 0.05) is 12.2 Å². The Hall–Kier alpha value is -1.83. The number of aromatic nitrogens is 2. The molecule has 5 nitrogen and oxygen atoms in total. The summed E-state index contributed by atoms with van der Waals surface area (Å²) in [5.41, 5.74) is 1.48. The van der Waals surface area contributed by atoms with Gasteiger partial charge >= 0.3 is 0 Å². The number of rotatable bonds is 5. The van der Waals surface area contributed by atoms with Crippen molar-refractivity contribution in [3.8, 4) is 6.07 Å². The van der Waals surface area contributed by atoms with Crippen molar-refractivity contribution in [1.82, 2.24) is 15.5 Å². The Labute approximate surface area is 126 Å². The van der Waals surface area contributed by atoms with Crippen molar-refractivity contribution in [2.24, 2.45) is 5.41 Å². The van der Waals surface area contributed by atoms with Gasteiger partial charge in [-0.05, 0) is 38.2 Å². The van der Waals surface area contributed by atoms with E-state index < -0.39 is 5.41 Å². The number of aryl methyl sites for hydroxylation is 2. The maximum atomic E-state index is 12.4. The monoisotopic (exact) mass is 288 g/mol. The summed E-state index contributed by atoms with van der Waals surface area (Å²) in [6.07, 6.45) is 9.23. The maximum absolute atomic E-state index is 12.4. The number of hydrogen-bond donors (Lipinski definition) is 2. The quantitative estimate of drug-likeness (QED) is 0.645. The van der Waals surface area contributed by atoms with Crippen molar-refractivity contribution in [3.05, 3.63) is 17.5 Å². The molecule has 1 fully saturated rings. The second-order valence-corrected chi connectivity index (χ2v) is 5.99. The van der Waals surface area contributed by atoms with Crippen LogP contribution in [0.4, 0.5) is 0 Å². The Bertz CT molecular complexity index is 507. The van der Waals surface area contributed by atoms with E-state index in [9.17, 15) is 10.1 Å². The highest BCUT2D eigenvalue weighted by Crippen LogP contribution is 2.34. The molecule has 1 heterocycles. The fourth-order valence-corrected chi connectivity index (χ4v) is 3.00. The van der Waals surface area contributed by atoms with Gasteiger partial charge < -0.3 is 5.32 Å². The summed E-state index contributed by atoms with van der Waals surface area (Å²) in [5.74, 6) is -0.0733. The van der Waals surface area contributed by atoms with E-state index in [0.29, 0.717) is 19.4 Å². The number of carbonyl (C=O) groups is 1. The zero-order valence-electron chi connectivity index (χ0n) is 12.7.